The number of carbonyl (C=O) groups is 1. The lowest BCUT2D eigenvalue weighted by atomic mass is 9.92. The maximum Gasteiger partial charge on any atom is 0.318 e. The molecular formula is C25H21F2N3O. The van der Waals surface area contributed by atoms with Crippen LogP contribution in [0.3, 0.4) is 0 Å². The van der Waals surface area contributed by atoms with Gasteiger partial charge in [-0.3, -0.25) is 0 Å². The normalized spacial score (nSPS) is 15.7. The minimum atomic E-state index is -0.564. The highest BCUT2D eigenvalue weighted by Crippen LogP contribution is 2.39. The number of rotatable bonds is 3. The zero-order chi connectivity index (χ0) is 21.4. The smallest absolute Gasteiger partial charge is 0.318 e. The number of H-pyrrole nitrogens is 1. The molecule has 1 aliphatic heterocycles. The van der Waals surface area contributed by atoms with E-state index in [2.05, 4.69) is 10.3 Å². The molecule has 0 unspecified atom stereocenters. The van der Waals surface area contributed by atoms with E-state index < -0.39 is 6.04 Å². The van der Waals surface area contributed by atoms with Crippen molar-refractivity contribution >= 4 is 16.9 Å². The Morgan fingerprint density at radius 1 is 1.00 bits per heavy atom. The second-order valence-corrected chi connectivity index (χ2v) is 7.72. The van der Waals surface area contributed by atoms with Crippen molar-refractivity contribution in [1.29, 1.82) is 0 Å². The van der Waals surface area contributed by atoms with E-state index in [1.165, 1.54) is 18.2 Å². The van der Waals surface area contributed by atoms with E-state index in [4.69, 9.17) is 0 Å². The topological polar surface area (TPSA) is 48.1 Å². The van der Waals surface area contributed by atoms with E-state index in [9.17, 15) is 13.6 Å². The molecule has 4 nitrogen and oxygen atoms in total. The van der Waals surface area contributed by atoms with Crippen molar-refractivity contribution in [2.24, 2.45) is 0 Å². The molecule has 31 heavy (non-hydrogen) atoms. The van der Waals surface area contributed by atoms with Crippen LogP contribution in [0.4, 0.5) is 13.6 Å². The summed E-state index contributed by atoms with van der Waals surface area (Å²) in [5.74, 6) is -0.674. The third-order valence-electron chi connectivity index (χ3n) is 5.85. The second-order valence-electron chi connectivity index (χ2n) is 7.72. The molecule has 0 fully saturated rings. The summed E-state index contributed by atoms with van der Waals surface area (Å²) in [6.07, 6.45) is 0.675. The number of fused-ring (bicyclic) bond motifs is 3. The number of nitrogens with one attached hydrogen (secondary N) is 2. The summed E-state index contributed by atoms with van der Waals surface area (Å²) < 4.78 is 28.0. The van der Waals surface area contributed by atoms with Gasteiger partial charge in [0.1, 0.15) is 17.7 Å². The lowest BCUT2D eigenvalue weighted by molar-refractivity contribution is 0.177. The zero-order valence-electron chi connectivity index (χ0n) is 16.7. The summed E-state index contributed by atoms with van der Waals surface area (Å²) in [6.45, 7) is 0.724. The first kappa shape index (κ1) is 19.3. The van der Waals surface area contributed by atoms with Crippen molar-refractivity contribution in [1.82, 2.24) is 15.2 Å². The predicted octanol–water partition coefficient (Wildman–Crippen LogP) is 5.30. The molecule has 156 valence electrons. The molecule has 1 atom stereocenters. The van der Waals surface area contributed by atoms with Crippen molar-refractivity contribution in [3.63, 3.8) is 0 Å². The van der Waals surface area contributed by atoms with Crippen LogP contribution in [0.1, 0.15) is 28.4 Å². The molecule has 0 saturated carbocycles. The number of halogens is 2. The maximum atomic E-state index is 14.8. The molecule has 1 aliphatic rings. The van der Waals surface area contributed by atoms with Gasteiger partial charge in [0, 0.05) is 35.2 Å². The predicted molar refractivity (Wildman–Crippen MR) is 116 cm³/mol. The number of benzene rings is 3. The lowest BCUT2D eigenvalue weighted by Crippen LogP contribution is -2.46. The van der Waals surface area contributed by atoms with Crippen molar-refractivity contribution in [3.8, 4) is 0 Å². The Labute approximate surface area is 178 Å². The van der Waals surface area contributed by atoms with Gasteiger partial charge in [0.05, 0.1) is 0 Å². The summed E-state index contributed by atoms with van der Waals surface area (Å²) >= 11 is 0. The fourth-order valence-electron chi connectivity index (χ4n) is 4.36. The number of aromatic nitrogens is 1. The van der Waals surface area contributed by atoms with Crippen LogP contribution in [0, 0.1) is 11.6 Å². The van der Waals surface area contributed by atoms with Gasteiger partial charge in [-0.25, -0.2) is 13.6 Å². The number of carbonyl (C=O) groups excluding carboxylic acids is 1. The molecule has 0 aliphatic carbocycles. The van der Waals surface area contributed by atoms with Crippen LogP contribution in [0.5, 0.6) is 0 Å². The number of hydrogen-bond acceptors (Lipinski definition) is 1. The third kappa shape index (κ3) is 3.54. The first-order chi connectivity index (χ1) is 15.1. The van der Waals surface area contributed by atoms with Crippen LogP contribution >= 0.6 is 0 Å². The Bertz CT molecular complexity index is 1250. The van der Waals surface area contributed by atoms with Gasteiger partial charge in [-0.15, -0.1) is 0 Å². The minimum absolute atomic E-state index is 0.263. The molecule has 0 spiro atoms. The molecule has 2 N–H and O–H groups in total. The summed E-state index contributed by atoms with van der Waals surface area (Å²) in [7, 11) is 0. The van der Waals surface area contributed by atoms with Crippen LogP contribution in [-0.4, -0.2) is 22.5 Å². The van der Waals surface area contributed by atoms with Gasteiger partial charge in [0.25, 0.3) is 0 Å². The highest BCUT2D eigenvalue weighted by molar-refractivity contribution is 5.86. The molecule has 3 aromatic carbocycles. The molecule has 5 rings (SSSR count). The van der Waals surface area contributed by atoms with Crippen LogP contribution in [0.25, 0.3) is 10.9 Å². The monoisotopic (exact) mass is 417 g/mol. The molecule has 0 bridgehead atoms. The molecule has 6 heteroatoms. The van der Waals surface area contributed by atoms with Gasteiger partial charge in [0.2, 0.25) is 0 Å². The molecule has 4 aromatic rings. The molecule has 1 aromatic heterocycles. The number of hydrogen-bond donors (Lipinski definition) is 2. The average molecular weight is 417 g/mol. The third-order valence-corrected chi connectivity index (χ3v) is 5.85. The van der Waals surface area contributed by atoms with E-state index in [1.807, 2.05) is 24.3 Å². The highest BCUT2D eigenvalue weighted by atomic mass is 19.1. The first-order valence-corrected chi connectivity index (χ1v) is 10.2. The quantitative estimate of drug-likeness (QED) is 0.467. The number of aromatic amines is 1. The molecule has 0 saturated heterocycles. The Morgan fingerprint density at radius 3 is 2.55 bits per heavy atom. The van der Waals surface area contributed by atoms with Crippen LogP contribution in [0.15, 0.2) is 72.8 Å². The lowest BCUT2D eigenvalue weighted by Gasteiger charge is -2.36. The summed E-state index contributed by atoms with van der Waals surface area (Å²) in [5.41, 5.74) is 4.18. The molecule has 0 radical (unpaired) electrons. The Balaban J connectivity index is 1.51. The fraction of sp³-hybridized carbons (Fsp3) is 0.160. The number of nitrogens with zero attached hydrogens (tertiary/aromatic N) is 1. The van der Waals surface area contributed by atoms with E-state index in [0.29, 0.717) is 18.5 Å². The average Bonchev–Trinajstić information content (AvgIpc) is 3.17. The second kappa shape index (κ2) is 7.87. The number of para-hydroxylation sites is 1. The van der Waals surface area contributed by atoms with Gasteiger partial charge in [-0.1, -0.05) is 48.5 Å². The van der Waals surface area contributed by atoms with Crippen molar-refractivity contribution in [2.45, 2.75) is 19.0 Å². The van der Waals surface area contributed by atoms with Crippen molar-refractivity contribution in [2.75, 3.05) is 6.54 Å². The van der Waals surface area contributed by atoms with Crippen molar-refractivity contribution < 1.29 is 13.6 Å². The van der Waals surface area contributed by atoms with Gasteiger partial charge in [-0.05, 0) is 41.8 Å². The van der Waals surface area contributed by atoms with Gasteiger partial charge in [-0.2, -0.15) is 0 Å². The van der Waals surface area contributed by atoms with Crippen LogP contribution in [0.2, 0.25) is 0 Å². The van der Waals surface area contributed by atoms with Gasteiger partial charge in [0.15, 0.2) is 0 Å². The standard InChI is InChI=1S/C25H21F2N3O/c26-17-11-9-16(10-12-17)15-28-25(31)30-14-13-19-18-5-2-4-8-22(18)29-23(19)24(30)20-6-1-3-7-21(20)27/h1-12,24,29H,13-15H2,(H,28,31)/t24-/m1/s1. The Hall–Kier alpha value is -3.67. The van der Waals surface area contributed by atoms with E-state index in [0.717, 1.165) is 27.7 Å². The Kier molecular flexibility index (Phi) is 4.90. The number of urea groups is 1. The van der Waals surface area contributed by atoms with Gasteiger partial charge < -0.3 is 15.2 Å². The largest absolute Gasteiger partial charge is 0.356 e. The summed E-state index contributed by atoms with van der Waals surface area (Å²) in [6, 6.07) is 19.7. The van der Waals surface area contributed by atoms with Gasteiger partial charge >= 0.3 is 6.03 Å². The Morgan fingerprint density at radius 2 is 1.74 bits per heavy atom. The van der Waals surface area contributed by atoms with E-state index >= 15 is 0 Å². The molecular weight excluding hydrogens is 396 g/mol. The van der Waals surface area contributed by atoms with Crippen LogP contribution < -0.4 is 5.32 Å². The molecule has 2 heterocycles. The van der Waals surface area contributed by atoms with Crippen molar-refractivity contribution in [3.05, 3.63) is 107 Å². The van der Waals surface area contributed by atoms with E-state index in [1.54, 1.807) is 35.2 Å². The minimum Gasteiger partial charge on any atom is -0.356 e. The summed E-state index contributed by atoms with van der Waals surface area (Å²) in [4.78, 5) is 18.3. The number of amides is 2. The molecule has 2 amide bonds. The summed E-state index contributed by atoms with van der Waals surface area (Å²) in [5, 5.41) is 4.00. The van der Waals surface area contributed by atoms with Crippen LogP contribution in [-0.2, 0) is 13.0 Å². The SMILES string of the molecule is O=C(NCc1ccc(F)cc1)N1CCc2c([nH]c3ccccc23)[C@H]1c1ccccc1F. The first-order valence-electron chi connectivity index (χ1n) is 10.2. The van der Waals surface area contributed by atoms with E-state index in [-0.39, 0.29) is 24.2 Å². The zero-order valence-corrected chi connectivity index (χ0v) is 16.7. The fourth-order valence-corrected chi connectivity index (χ4v) is 4.36. The highest BCUT2D eigenvalue weighted by Gasteiger charge is 2.35. The maximum absolute atomic E-state index is 14.8.